The van der Waals surface area contributed by atoms with Crippen LogP contribution in [0.1, 0.15) is 40.0 Å². The lowest BCUT2D eigenvalue weighted by Crippen LogP contribution is -2.47. The first-order valence-corrected chi connectivity index (χ1v) is 9.43. The Bertz CT molecular complexity index is 268. The summed E-state index contributed by atoms with van der Waals surface area (Å²) in [5.41, 5.74) is 0. The van der Waals surface area contributed by atoms with Crippen molar-refractivity contribution in [2.75, 3.05) is 13.2 Å². The van der Waals surface area contributed by atoms with Crippen LogP contribution in [-0.4, -0.2) is 40.3 Å². The minimum absolute atomic E-state index is 0.162. The Hall–Kier alpha value is 0.0569. The van der Waals surface area contributed by atoms with E-state index in [0.717, 1.165) is 0 Å². The molecule has 0 radical (unpaired) electrons. The van der Waals surface area contributed by atoms with Crippen molar-refractivity contribution < 1.29 is 18.0 Å². The molecule has 0 aromatic carbocycles. The highest BCUT2D eigenvalue weighted by Gasteiger charge is 2.50. The van der Waals surface area contributed by atoms with E-state index in [0.29, 0.717) is 31.3 Å². The Morgan fingerprint density at radius 2 is 1.89 bits per heavy atom. The monoisotopic (exact) mass is 274 g/mol. The molecule has 1 saturated heterocycles. The van der Waals surface area contributed by atoms with E-state index in [1.807, 2.05) is 20.4 Å². The van der Waals surface area contributed by atoms with Crippen LogP contribution in [0.25, 0.3) is 0 Å². The van der Waals surface area contributed by atoms with E-state index < -0.39 is 8.80 Å². The van der Waals surface area contributed by atoms with E-state index in [1.54, 1.807) is 0 Å². The molecule has 0 aromatic rings. The third-order valence-electron chi connectivity index (χ3n) is 3.89. The summed E-state index contributed by atoms with van der Waals surface area (Å²) in [4.78, 5) is 0. The minimum Gasteiger partial charge on any atom is -0.374 e. The van der Waals surface area contributed by atoms with Gasteiger partial charge in [-0.15, -0.1) is 0 Å². The largest absolute Gasteiger partial charge is 0.497 e. The molecule has 4 nitrogen and oxygen atoms in total. The smallest absolute Gasteiger partial charge is 0.374 e. The van der Waals surface area contributed by atoms with Crippen molar-refractivity contribution in [2.45, 2.75) is 64.9 Å². The van der Waals surface area contributed by atoms with Gasteiger partial charge < -0.3 is 18.0 Å². The fraction of sp³-hybridized carbons (Fsp3) is 1.00. The lowest BCUT2D eigenvalue weighted by atomic mass is 9.86. The van der Waals surface area contributed by atoms with Gasteiger partial charge in [0.05, 0.1) is 18.3 Å². The molecule has 0 aromatic heterocycles. The van der Waals surface area contributed by atoms with Gasteiger partial charge in [-0.1, -0.05) is 6.42 Å². The molecule has 2 aliphatic rings. The molecule has 2 rings (SSSR count). The summed E-state index contributed by atoms with van der Waals surface area (Å²) in [6.07, 6.45) is 4.76. The SMILES string of the molecule is CCO[Si](C)(OCC)OC(C)C1CCCC2OC21. The topological polar surface area (TPSA) is 40.2 Å². The summed E-state index contributed by atoms with van der Waals surface area (Å²) < 4.78 is 23.3. The number of fused-ring (bicyclic) bond motifs is 1. The van der Waals surface area contributed by atoms with Gasteiger partial charge in [-0.05, 0) is 33.6 Å². The molecule has 1 aliphatic carbocycles. The molecule has 0 amide bonds. The summed E-state index contributed by atoms with van der Waals surface area (Å²) in [5.74, 6) is 0.511. The number of hydrogen-bond donors (Lipinski definition) is 0. The maximum absolute atomic E-state index is 6.17. The van der Waals surface area contributed by atoms with E-state index in [1.165, 1.54) is 19.3 Å². The zero-order valence-electron chi connectivity index (χ0n) is 12.0. The van der Waals surface area contributed by atoms with E-state index >= 15 is 0 Å². The van der Waals surface area contributed by atoms with Crippen LogP contribution < -0.4 is 0 Å². The van der Waals surface area contributed by atoms with Crippen LogP contribution in [0, 0.1) is 5.92 Å². The first-order chi connectivity index (χ1) is 8.59. The van der Waals surface area contributed by atoms with Crippen LogP contribution in [0.2, 0.25) is 6.55 Å². The number of epoxide rings is 1. The maximum atomic E-state index is 6.17. The molecule has 106 valence electrons. The van der Waals surface area contributed by atoms with Gasteiger partial charge in [0.15, 0.2) is 0 Å². The normalized spacial score (nSPS) is 33.0. The zero-order chi connectivity index (χ0) is 13.2. The number of ether oxygens (including phenoxy) is 1. The molecule has 0 N–H and O–H groups in total. The predicted molar refractivity (Wildman–Crippen MR) is 71.4 cm³/mol. The van der Waals surface area contributed by atoms with Crippen LogP contribution >= 0.6 is 0 Å². The van der Waals surface area contributed by atoms with Gasteiger partial charge >= 0.3 is 8.80 Å². The van der Waals surface area contributed by atoms with Gasteiger partial charge in [-0.25, -0.2) is 0 Å². The van der Waals surface area contributed by atoms with Crippen LogP contribution in [0.3, 0.4) is 0 Å². The Kier molecular flexibility index (Phi) is 4.83. The van der Waals surface area contributed by atoms with Gasteiger partial charge in [-0.2, -0.15) is 0 Å². The molecule has 1 heterocycles. The quantitative estimate of drug-likeness (QED) is 0.528. The van der Waals surface area contributed by atoms with Gasteiger partial charge in [0.1, 0.15) is 0 Å². The Balaban J connectivity index is 1.89. The van der Waals surface area contributed by atoms with Crippen molar-refractivity contribution in [1.29, 1.82) is 0 Å². The van der Waals surface area contributed by atoms with E-state index in [9.17, 15) is 0 Å². The Morgan fingerprint density at radius 3 is 2.50 bits per heavy atom. The molecule has 0 spiro atoms. The first-order valence-electron chi connectivity index (χ1n) is 7.20. The van der Waals surface area contributed by atoms with Crippen LogP contribution in [0.15, 0.2) is 0 Å². The highest BCUT2D eigenvalue weighted by Crippen LogP contribution is 2.43. The lowest BCUT2D eigenvalue weighted by Gasteiger charge is -2.33. The predicted octanol–water partition coefficient (Wildman–Crippen LogP) is 2.60. The fourth-order valence-electron chi connectivity index (χ4n) is 3.05. The van der Waals surface area contributed by atoms with E-state index in [-0.39, 0.29) is 6.10 Å². The molecule has 18 heavy (non-hydrogen) atoms. The van der Waals surface area contributed by atoms with Gasteiger partial charge in [-0.3, -0.25) is 0 Å². The third kappa shape index (κ3) is 3.33. The van der Waals surface area contributed by atoms with Crippen molar-refractivity contribution in [3.05, 3.63) is 0 Å². The summed E-state index contributed by atoms with van der Waals surface area (Å²) in [6, 6.07) is 0. The van der Waals surface area contributed by atoms with Crippen LogP contribution in [0.4, 0.5) is 0 Å². The van der Waals surface area contributed by atoms with Crippen molar-refractivity contribution in [3.63, 3.8) is 0 Å². The van der Waals surface area contributed by atoms with Crippen molar-refractivity contribution >= 4 is 8.80 Å². The van der Waals surface area contributed by atoms with Crippen LogP contribution in [-0.2, 0) is 18.0 Å². The first kappa shape index (κ1) is 14.5. The van der Waals surface area contributed by atoms with Gasteiger partial charge in [0, 0.05) is 25.7 Å². The van der Waals surface area contributed by atoms with Crippen molar-refractivity contribution in [2.24, 2.45) is 5.92 Å². The van der Waals surface area contributed by atoms with Crippen molar-refractivity contribution in [3.8, 4) is 0 Å². The second-order valence-corrected chi connectivity index (χ2v) is 7.82. The fourth-order valence-corrected chi connectivity index (χ4v) is 5.16. The number of rotatable bonds is 7. The molecule has 1 aliphatic heterocycles. The van der Waals surface area contributed by atoms with E-state index in [4.69, 9.17) is 18.0 Å². The summed E-state index contributed by atoms with van der Waals surface area (Å²) in [5, 5.41) is 0. The van der Waals surface area contributed by atoms with E-state index in [2.05, 4.69) is 6.92 Å². The summed E-state index contributed by atoms with van der Waals surface area (Å²) >= 11 is 0. The number of hydrogen-bond acceptors (Lipinski definition) is 4. The second-order valence-electron chi connectivity index (χ2n) is 5.29. The average Bonchev–Trinajstić information content (AvgIpc) is 3.07. The molecule has 4 unspecified atom stereocenters. The molecule has 1 saturated carbocycles. The van der Waals surface area contributed by atoms with Crippen molar-refractivity contribution in [1.82, 2.24) is 0 Å². The highest BCUT2D eigenvalue weighted by atomic mass is 28.4. The maximum Gasteiger partial charge on any atom is 0.497 e. The molecule has 0 bridgehead atoms. The average molecular weight is 274 g/mol. The van der Waals surface area contributed by atoms with Gasteiger partial charge in [0.2, 0.25) is 0 Å². The lowest BCUT2D eigenvalue weighted by molar-refractivity contribution is 0.0133. The Labute approximate surface area is 111 Å². The molecule has 2 fully saturated rings. The minimum atomic E-state index is -2.46. The molecular formula is C13H26O4Si. The second kappa shape index (κ2) is 6.01. The zero-order valence-corrected chi connectivity index (χ0v) is 13.0. The Morgan fingerprint density at radius 1 is 1.22 bits per heavy atom. The van der Waals surface area contributed by atoms with Crippen LogP contribution in [0.5, 0.6) is 0 Å². The molecule has 5 heteroatoms. The van der Waals surface area contributed by atoms with Gasteiger partial charge in [0.25, 0.3) is 0 Å². The summed E-state index contributed by atoms with van der Waals surface area (Å²) in [6.45, 7) is 9.38. The summed E-state index contributed by atoms with van der Waals surface area (Å²) in [7, 11) is -2.46. The highest BCUT2D eigenvalue weighted by molar-refractivity contribution is 6.59. The molecule has 4 atom stereocenters. The standard InChI is InChI=1S/C13H26O4Si/c1-5-14-18(4,15-6-2)17-10(3)11-8-7-9-12-13(11)16-12/h10-13H,5-9H2,1-4H3. The third-order valence-corrected chi connectivity index (χ3v) is 6.31. The molecular weight excluding hydrogens is 248 g/mol.